The summed E-state index contributed by atoms with van der Waals surface area (Å²) in [4.78, 5) is 1.49. The Hall–Kier alpha value is -1.36. The first-order valence-electron chi connectivity index (χ1n) is 4.93. The molecule has 0 aliphatic heterocycles. The summed E-state index contributed by atoms with van der Waals surface area (Å²) in [6.07, 6.45) is 0. The van der Waals surface area contributed by atoms with Crippen LogP contribution in [0.15, 0.2) is 12.1 Å². The Balaban J connectivity index is 3.03. The van der Waals surface area contributed by atoms with Crippen LogP contribution in [0.3, 0.4) is 0 Å². The fourth-order valence-electron chi connectivity index (χ4n) is 1.50. The van der Waals surface area contributed by atoms with Crippen molar-refractivity contribution < 1.29 is 13.5 Å². The van der Waals surface area contributed by atoms with E-state index in [4.69, 9.17) is 10.5 Å². The minimum Gasteiger partial charge on any atom is -0.399 e. The smallest absolute Gasteiger partial charge is 0.151 e. The Bertz CT molecular complexity index is 348. The molecule has 0 bridgehead atoms. The average Bonchev–Trinajstić information content (AvgIpc) is 2.16. The summed E-state index contributed by atoms with van der Waals surface area (Å²) in [7, 11) is 3.15. The minimum atomic E-state index is -0.664. The predicted molar refractivity (Wildman–Crippen MR) is 60.5 cm³/mol. The van der Waals surface area contributed by atoms with Gasteiger partial charge >= 0.3 is 0 Å². The number of likely N-dealkylation sites (N-methyl/N-ethyl adjacent to an activating group) is 1. The summed E-state index contributed by atoms with van der Waals surface area (Å²) < 4.78 is 32.1. The summed E-state index contributed by atoms with van der Waals surface area (Å²) >= 11 is 0. The summed E-state index contributed by atoms with van der Waals surface area (Å²) in [6.45, 7) is 2.21. The van der Waals surface area contributed by atoms with Crippen molar-refractivity contribution in [3.05, 3.63) is 23.8 Å². The maximum absolute atomic E-state index is 13.6. The third kappa shape index (κ3) is 2.61. The van der Waals surface area contributed by atoms with Crippen LogP contribution < -0.4 is 10.6 Å². The van der Waals surface area contributed by atoms with Crippen molar-refractivity contribution in [3.8, 4) is 0 Å². The van der Waals surface area contributed by atoms with Gasteiger partial charge in [-0.25, -0.2) is 8.78 Å². The summed E-state index contributed by atoms with van der Waals surface area (Å²) in [5.74, 6) is -1.33. The maximum atomic E-state index is 13.6. The lowest BCUT2D eigenvalue weighted by atomic mass is 10.2. The molecule has 0 heterocycles. The van der Waals surface area contributed by atoms with Gasteiger partial charge in [-0.05, 0) is 19.1 Å². The number of nitrogen functional groups attached to an aromatic ring is 1. The van der Waals surface area contributed by atoms with Gasteiger partial charge < -0.3 is 15.4 Å². The minimum absolute atomic E-state index is 0.0755. The molecule has 90 valence electrons. The number of nitrogens with two attached hydrogens (primary N) is 1. The van der Waals surface area contributed by atoms with Gasteiger partial charge in [0.2, 0.25) is 0 Å². The number of hydrogen-bond donors (Lipinski definition) is 1. The van der Waals surface area contributed by atoms with Gasteiger partial charge in [-0.3, -0.25) is 0 Å². The first-order chi connectivity index (χ1) is 7.47. The molecule has 0 fully saturated rings. The SMILES string of the molecule is COCC(C)N(C)c1c(F)cc(N)cc1F. The van der Waals surface area contributed by atoms with Crippen molar-refractivity contribution >= 4 is 11.4 Å². The fraction of sp³-hybridized carbons (Fsp3) is 0.455. The van der Waals surface area contributed by atoms with Crippen LogP contribution in [0.1, 0.15) is 6.92 Å². The van der Waals surface area contributed by atoms with E-state index in [9.17, 15) is 8.78 Å². The van der Waals surface area contributed by atoms with Crippen molar-refractivity contribution in [2.24, 2.45) is 0 Å². The number of anilines is 2. The fourth-order valence-corrected chi connectivity index (χ4v) is 1.50. The molecular weight excluding hydrogens is 214 g/mol. The number of ether oxygens (including phenoxy) is 1. The second kappa shape index (κ2) is 5.12. The topological polar surface area (TPSA) is 38.5 Å². The van der Waals surface area contributed by atoms with Gasteiger partial charge in [0.1, 0.15) is 5.69 Å². The standard InChI is InChI=1S/C11H16F2N2O/c1-7(6-16-3)15(2)11-9(12)4-8(14)5-10(11)13/h4-5,7H,6,14H2,1-3H3. The van der Waals surface area contributed by atoms with Gasteiger partial charge in [-0.1, -0.05) is 0 Å². The van der Waals surface area contributed by atoms with E-state index in [0.717, 1.165) is 12.1 Å². The highest BCUT2D eigenvalue weighted by atomic mass is 19.1. The van der Waals surface area contributed by atoms with Gasteiger partial charge in [0.05, 0.1) is 6.61 Å². The molecule has 16 heavy (non-hydrogen) atoms. The van der Waals surface area contributed by atoms with E-state index in [-0.39, 0.29) is 17.4 Å². The summed E-state index contributed by atoms with van der Waals surface area (Å²) in [5.41, 5.74) is 5.33. The van der Waals surface area contributed by atoms with E-state index in [1.165, 1.54) is 4.90 Å². The van der Waals surface area contributed by atoms with Crippen LogP contribution in [0.25, 0.3) is 0 Å². The highest BCUT2D eigenvalue weighted by Crippen LogP contribution is 2.26. The first kappa shape index (κ1) is 12.7. The molecule has 1 atom stereocenters. The van der Waals surface area contributed by atoms with Gasteiger partial charge in [0, 0.05) is 25.9 Å². The highest BCUT2D eigenvalue weighted by molar-refractivity contribution is 5.55. The van der Waals surface area contributed by atoms with Gasteiger partial charge in [-0.2, -0.15) is 0 Å². The second-order valence-corrected chi connectivity index (χ2v) is 3.75. The Labute approximate surface area is 93.8 Å². The van der Waals surface area contributed by atoms with E-state index in [1.807, 2.05) is 6.92 Å². The van der Waals surface area contributed by atoms with Crippen LogP contribution in [0.4, 0.5) is 20.2 Å². The Morgan fingerprint density at radius 2 is 1.88 bits per heavy atom. The molecule has 0 aromatic heterocycles. The maximum Gasteiger partial charge on any atom is 0.151 e. The molecule has 3 nitrogen and oxygen atoms in total. The normalized spacial score (nSPS) is 12.6. The zero-order valence-electron chi connectivity index (χ0n) is 9.63. The molecule has 0 aliphatic rings. The molecule has 0 aliphatic carbocycles. The third-order valence-electron chi connectivity index (χ3n) is 2.46. The van der Waals surface area contributed by atoms with Crippen LogP contribution in [-0.4, -0.2) is 26.8 Å². The molecule has 0 spiro atoms. The highest BCUT2D eigenvalue weighted by Gasteiger charge is 2.18. The van der Waals surface area contributed by atoms with Gasteiger partial charge in [0.15, 0.2) is 11.6 Å². The van der Waals surface area contributed by atoms with Crippen molar-refractivity contribution in [2.75, 3.05) is 31.4 Å². The lowest BCUT2D eigenvalue weighted by molar-refractivity contribution is 0.183. The molecule has 1 aromatic rings. The first-order valence-corrected chi connectivity index (χ1v) is 4.93. The second-order valence-electron chi connectivity index (χ2n) is 3.75. The Morgan fingerprint density at radius 1 is 1.38 bits per heavy atom. The van der Waals surface area contributed by atoms with E-state index in [2.05, 4.69) is 0 Å². The average molecular weight is 230 g/mol. The monoisotopic (exact) mass is 230 g/mol. The number of hydrogen-bond acceptors (Lipinski definition) is 3. The molecule has 0 amide bonds. The predicted octanol–water partition coefficient (Wildman–Crippen LogP) is 2.02. The summed E-state index contributed by atoms with van der Waals surface area (Å²) in [5, 5.41) is 0. The molecule has 0 saturated carbocycles. The molecular formula is C11H16F2N2O. The quantitative estimate of drug-likeness (QED) is 0.804. The van der Waals surface area contributed by atoms with E-state index in [0.29, 0.717) is 6.61 Å². The molecule has 1 unspecified atom stereocenters. The number of halogens is 2. The Kier molecular flexibility index (Phi) is 4.06. The number of nitrogens with zero attached hydrogens (tertiary/aromatic N) is 1. The lowest BCUT2D eigenvalue weighted by Crippen LogP contribution is -2.34. The van der Waals surface area contributed by atoms with Crippen LogP contribution >= 0.6 is 0 Å². The van der Waals surface area contributed by atoms with Gasteiger partial charge in [0.25, 0.3) is 0 Å². The molecule has 1 aromatic carbocycles. The van der Waals surface area contributed by atoms with Crippen LogP contribution in [0.5, 0.6) is 0 Å². The lowest BCUT2D eigenvalue weighted by Gasteiger charge is -2.27. The zero-order valence-corrected chi connectivity index (χ0v) is 9.63. The number of methoxy groups -OCH3 is 1. The number of rotatable bonds is 4. The number of benzene rings is 1. The molecule has 0 radical (unpaired) electrons. The largest absolute Gasteiger partial charge is 0.399 e. The molecule has 1 rings (SSSR count). The van der Waals surface area contributed by atoms with Crippen LogP contribution in [0, 0.1) is 11.6 Å². The van der Waals surface area contributed by atoms with E-state index < -0.39 is 11.6 Å². The molecule has 0 saturated heterocycles. The summed E-state index contributed by atoms with van der Waals surface area (Å²) in [6, 6.07) is 2.08. The molecule has 5 heteroatoms. The van der Waals surface area contributed by atoms with Gasteiger partial charge in [-0.15, -0.1) is 0 Å². The Morgan fingerprint density at radius 3 is 2.31 bits per heavy atom. The van der Waals surface area contributed by atoms with E-state index in [1.54, 1.807) is 14.2 Å². The van der Waals surface area contributed by atoms with E-state index >= 15 is 0 Å². The van der Waals surface area contributed by atoms with Crippen molar-refractivity contribution in [1.82, 2.24) is 0 Å². The van der Waals surface area contributed by atoms with Crippen LogP contribution in [0.2, 0.25) is 0 Å². The van der Waals surface area contributed by atoms with Crippen molar-refractivity contribution in [3.63, 3.8) is 0 Å². The van der Waals surface area contributed by atoms with Crippen molar-refractivity contribution in [1.29, 1.82) is 0 Å². The van der Waals surface area contributed by atoms with Crippen LogP contribution in [-0.2, 0) is 4.74 Å². The zero-order chi connectivity index (χ0) is 12.3. The van der Waals surface area contributed by atoms with Crippen molar-refractivity contribution in [2.45, 2.75) is 13.0 Å². The molecule has 2 N–H and O–H groups in total. The third-order valence-corrected chi connectivity index (χ3v) is 2.46.